The molecule has 0 saturated heterocycles. The molecule has 2 rings (SSSR count). The first-order valence-electron chi connectivity index (χ1n) is 12.9. The molecule has 2 aromatic rings. The Morgan fingerprint density at radius 2 is 1.45 bits per heavy atom. The SMILES string of the molecule is CC(C)CC(C(=O)NC(C=O)CC(=O)O)C(=O)NC(CCC(=O)O)C(=O)Nc1cccc(S(=O)(=O)c2ccccc2)c1. The lowest BCUT2D eigenvalue weighted by atomic mass is 9.94. The number of hydrogen-bond acceptors (Lipinski definition) is 8. The first kappa shape index (κ1) is 33.6. The lowest BCUT2D eigenvalue weighted by Crippen LogP contribution is -2.51. The summed E-state index contributed by atoms with van der Waals surface area (Å²) >= 11 is 0. The van der Waals surface area contributed by atoms with Crippen molar-refractivity contribution < 1.29 is 47.4 Å². The van der Waals surface area contributed by atoms with Crippen molar-refractivity contribution >= 4 is 51.5 Å². The molecular weight excluding hydrogens is 570 g/mol. The summed E-state index contributed by atoms with van der Waals surface area (Å²) < 4.78 is 26.0. The highest BCUT2D eigenvalue weighted by molar-refractivity contribution is 7.91. The van der Waals surface area contributed by atoms with Crippen molar-refractivity contribution in [3.05, 3.63) is 54.6 Å². The molecule has 42 heavy (non-hydrogen) atoms. The van der Waals surface area contributed by atoms with Crippen LogP contribution in [0.4, 0.5) is 5.69 Å². The molecule has 0 heterocycles. The minimum Gasteiger partial charge on any atom is -0.481 e. The molecule has 0 spiro atoms. The fourth-order valence-corrected chi connectivity index (χ4v) is 5.25. The quantitative estimate of drug-likeness (QED) is 0.138. The van der Waals surface area contributed by atoms with Crippen molar-refractivity contribution in [1.29, 1.82) is 0 Å². The molecule has 0 bridgehead atoms. The Kier molecular flexibility index (Phi) is 12.3. The van der Waals surface area contributed by atoms with Crippen LogP contribution < -0.4 is 16.0 Å². The first-order valence-corrected chi connectivity index (χ1v) is 14.4. The maximum absolute atomic E-state index is 13.2. The molecule has 3 atom stereocenters. The van der Waals surface area contributed by atoms with Crippen molar-refractivity contribution in [2.45, 2.75) is 61.4 Å². The second-order valence-corrected chi connectivity index (χ2v) is 11.8. The summed E-state index contributed by atoms with van der Waals surface area (Å²) in [5.74, 6) is -6.97. The third-order valence-corrected chi connectivity index (χ3v) is 7.74. The predicted octanol–water partition coefficient (Wildman–Crippen LogP) is 1.63. The lowest BCUT2D eigenvalue weighted by Gasteiger charge is -2.24. The van der Waals surface area contributed by atoms with Gasteiger partial charge in [-0.2, -0.15) is 0 Å². The minimum absolute atomic E-state index is 0.0248. The molecule has 0 aromatic heterocycles. The number of nitrogens with one attached hydrogen (secondary N) is 3. The number of carbonyl (C=O) groups is 6. The minimum atomic E-state index is -3.92. The van der Waals surface area contributed by atoms with Crippen LogP contribution >= 0.6 is 0 Å². The summed E-state index contributed by atoms with van der Waals surface area (Å²) in [5, 5.41) is 25.2. The standard InChI is InChI=1S/C28H33N3O10S/c1-17(2)13-22(26(37)30-19(16-32)15-25(35)36)27(38)31-23(11-12-24(33)34)28(39)29-18-7-6-10-21(14-18)42(40,41)20-8-4-3-5-9-20/h3-10,14,16-17,19,22-23H,11-13,15H2,1-2H3,(H,29,39)(H,30,37)(H,31,38)(H,33,34)(H,35,36). The van der Waals surface area contributed by atoms with Gasteiger partial charge in [0.1, 0.15) is 18.2 Å². The zero-order chi connectivity index (χ0) is 31.4. The van der Waals surface area contributed by atoms with Crippen molar-refractivity contribution in [3.63, 3.8) is 0 Å². The zero-order valence-electron chi connectivity index (χ0n) is 23.0. The van der Waals surface area contributed by atoms with E-state index < -0.39 is 70.3 Å². The van der Waals surface area contributed by atoms with Crippen molar-refractivity contribution in [1.82, 2.24) is 10.6 Å². The topological polar surface area (TPSA) is 213 Å². The molecule has 0 fully saturated rings. The van der Waals surface area contributed by atoms with E-state index in [0.29, 0.717) is 0 Å². The Bertz CT molecular complexity index is 1410. The fraction of sp³-hybridized carbons (Fsp3) is 0.357. The molecule has 5 N–H and O–H groups in total. The number of sulfone groups is 1. The predicted molar refractivity (Wildman–Crippen MR) is 149 cm³/mol. The average Bonchev–Trinajstić information content (AvgIpc) is 2.93. The molecule has 13 nitrogen and oxygen atoms in total. The highest BCUT2D eigenvalue weighted by Gasteiger charge is 2.33. The van der Waals surface area contributed by atoms with Crippen LogP contribution in [0, 0.1) is 11.8 Å². The van der Waals surface area contributed by atoms with E-state index in [0.717, 1.165) is 0 Å². The van der Waals surface area contributed by atoms with E-state index in [1.54, 1.807) is 32.0 Å². The number of amides is 3. The number of rotatable bonds is 16. The van der Waals surface area contributed by atoms with Gasteiger partial charge < -0.3 is 31.0 Å². The Hall–Kier alpha value is -4.59. The second kappa shape index (κ2) is 15.4. The van der Waals surface area contributed by atoms with Gasteiger partial charge in [0.15, 0.2) is 0 Å². The van der Waals surface area contributed by atoms with Gasteiger partial charge in [0.05, 0.1) is 22.3 Å². The Balaban J connectivity index is 2.28. The van der Waals surface area contributed by atoms with Crippen LogP contribution in [-0.4, -0.2) is 66.7 Å². The first-order chi connectivity index (χ1) is 19.7. The fourth-order valence-electron chi connectivity index (χ4n) is 3.92. The van der Waals surface area contributed by atoms with Crippen LogP contribution in [0.1, 0.15) is 39.5 Å². The zero-order valence-corrected chi connectivity index (χ0v) is 23.8. The summed E-state index contributed by atoms with van der Waals surface area (Å²) in [7, 11) is -3.92. The molecule has 0 aliphatic heterocycles. The molecule has 226 valence electrons. The molecule has 0 aliphatic carbocycles. The number of benzene rings is 2. The smallest absolute Gasteiger partial charge is 0.305 e. The highest BCUT2D eigenvalue weighted by Crippen LogP contribution is 2.23. The molecule has 0 saturated carbocycles. The van der Waals surface area contributed by atoms with E-state index in [2.05, 4.69) is 16.0 Å². The van der Waals surface area contributed by atoms with E-state index in [1.807, 2.05) is 0 Å². The number of carbonyl (C=O) groups excluding carboxylic acids is 4. The van der Waals surface area contributed by atoms with Gasteiger partial charge in [-0.1, -0.05) is 38.1 Å². The summed E-state index contributed by atoms with van der Waals surface area (Å²) in [5.41, 5.74) is 0.0607. The number of aldehydes is 1. The molecule has 3 amide bonds. The largest absolute Gasteiger partial charge is 0.481 e. The van der Waals surface area contributed by atoms with Crippen LogP contribution in [0.5, 0.6) is 0 Å². The summed E-state index contributed by atoms with van der Waals surface area (Å²) in [6.07, 6.45) is -1.38. The molecule has 2 aromatic carbocycles. The van der Waals surface area contributed by atoms with E-state index in [-0.39, 0.29) is 40.5 Å². The van der Waals surface area contributed by atoms with Gasteiger partial charge in [0.2, 0.25) is 27.6 Å². The van der Waals surface area contributed by atoms with Gasteiger partial charge in [0.25, 0.3) is 0 Å². The number of carboxylic acids is 2. The van der Waals surface area contributed by atoms with Crippen molar-refractivity contribution in [2.24, 2.45) is 11.8 Å². The Morgan fingerprint density at radius 1 is 0.833 bits per heavy atom. The summed E-state index contributed by atoms with van der Waals surface area (Å²) in [4.78, 5) is 72.5. The molecule has 0 aliphatic rings. The van der Waals surface area contributed by atoms with Gasteiger partial charge >= 0.3 is 11.9 Å². The molecule has 3 unspecified atom stereocenters. The van der Waals surface area contributed by atoms with Crippen LogP contribution in [-0.2, 0) is 38.6 Å². The van der Waals surface area contributed by atoms with E-state index in [9.17, 15) is 37.2 Å². The van der Waals surface area contributed by atoms with Crippen LogP contribution in [0.3, 0.4) is 0 Å². The molecular formula is C28H33N3O10S. The number of hydrogen-bond donors (Lipinski definition) is 5. The van der Waals surface area contributed by atoms with E-state index >= 15 is 0 Å². The van der Waals surface area contributed by atoms with Gasteiger partial charge in [-0.25, -0.2) is 8.42 Å². The van der Waals surface area contributed by atoms with E-state index in [1.165, 1.54) is 36.4 Å². The number of carboxylic acid groups (broad SMARTS) is 2. The van der Waals surface area contributed by atoms with Crippen LogP contribution in [0.15, 0.2) is 64.4 Å². The highest BCUT2D eigenvalue weighted by atomic mass is 32.2. The maximum atomic E-state index is 13.2. The van der Waals surface area contributed by atoms with Crippen LogP contribution in [0.2, 0.25) is 0 Å². The van der Waals surface area contributed by atoms with Gasteiger partial charge in [-0.3, -0.25) is 24.0 Å². The second-order valence-electron chi connectivity index (χ2n) is 9.86. The monoisotopic (exact) mass is 603 g/mol. The Labute approximate surface area is 242 Å². The molecule has 0 radical (unpaired) electrons. The van der Waals surface area contributed by atoms with Crippen molar-refractivity contribution in [2.75, 3.05) is 5.32 Å². The van der Waals surface area contributed by atoms with Gasteiger partial charge in [-0.15, -0.1) is 0 Å². The van der Waals surface area contributed by atoms with Crippen LogP contribution in [0.25, 0.3) is 0 Å². The maximum Gasteiger partial charge on any atom is 0.305 e. The third-order valence-electron chi connectivity index (χ3n) is 5.97. The Morgan fingerprint density at radius 3 is 2.02 bits per heavy atom. The van der Waals surface area contributed by atoms with Gasteiger partial charge in [0, 0.05) is 12.1 Å². The van der Waals surface area contributed by atoms with Crippen molar-refractivity contribution in [3.8, 4) is 0 Å². The third kappa shape index (κ3) is 10.1. The molecule has 14 heteroatoms. The summed E-state index contributed by atoms with van der Waals surface area (Å²) in [6.45, 7) is 3.43. The van der Waals surface area contributed by atoms with E-state index in [4.69, 9.17) is 10.2 Å². The average molecular weight is 604 g/mol. The number of anilines is 1. The normalized spacial score (nSPS) is 13.3. The van der Waals surface area contributed by atoms with Gasteiger partial charge in [-0.05, 0) is 49.1 Å². The summed E-state index contributed by atoms with van der Waals surface area (Å²) in [6, 6.07) is 10.2. The lowest BCUT2D eigenvalue weighted by molar-refractivity contribution is -0.141. The number of aliphatic carboxylic acids is 2.